The zero-order valence-electron chi connectivity index (χ0n) is 8.45. The predicted octanol–water partition coefficient (Wildman–Crippen LogP) is -2.72. The number of hydrogen-bond donors (Lipinski definition) is 1. The number of hydrogen-bond acceptors (Lipinski definition) is 6. The zero-order chi connectivity index (χ0) is 12.5. The Balaban J connectivity index is 0.00000256. The number of carboxylic acid groups (broad SMARTS) is 1. The second-order valence-electron chi connectivity index (χ2n) is 2.66. The Hall–Kier alpha value is -0.905. The van der Waals surface area contributed by atoms with Gasteiger partial charge in [-0.05, 0) is 5.75 Å². The average Bonchev–Trinajstić information content (AvgIpc) is 2.16. The van der Waals surface area contributed by atoms with Crippen molar-refractivity contribution >= 4 is 17.3 Å². The Kier molecular flexibility index (Phi) is 5.82. The van der Waals surface area contributed by atoms with Crippen molar-refractivity contribution in [3.8, 4) is 5.75 Å². The molecular formula is C7H3N2O7Rb. The minimum atomic E-state index is -1.75. The maximum Gasteiger partial charge on any atom is 1.00 e. The zero-order valence-corrected chi connectivity index (χ0v) is 13.4. The molecule has 0 atom stereocenters. The first kappa shape index (κ1) is 16.1. The molecule has 84 valence electrons. The van der Waals surface area contributed by atoms with Crippen LogP contribution < -0.4 is 63.3 Å². The number of nitrogens with zero attached hydrogens (tertiary/aromatic N) is 2. The Bertz CT molecular complexity index is 466. The van der Waals surface area contributed by atoms with Gasteiger partial charge in [-0.15, -0.1) is 0 Å². The van der Waals surface area contributed by atoms with E-state index >= 15 is 0 Å². The number of benzene rings is 1. The topological polar surface area (TPSA) is 147 Å². The van der Waals surface area contributed by atoms with Gasteiger partial charge in [0, 0.05) is 6.07 Å². The molecule has 0 saturated carbocycles. The second kappa shape index (κ2) is 6.14. The maximum atomic E-state index is 11.2. The molecule has 9 nitrogen and oxygen atoms in total. The predicted molar refractivity (Wildman–Crippen MR) is 46.2 cm³/mol. The Morgan fingerprint density at radius 3 is 2.06 bits per heavy atom. The number of rotatable bonds is 3. The Labute approximate surface area is 142 Å². The van der Waals surface area contributed by atoms with E-state index in [0.717, 1.165) is 0 Å². The summed E-state index contributed by atoms with van der Waals surface area (Å²) in [7, 11) is 0. The monoisotopic (exact) mass is 312 g/mol. The largest absolute Gasteiger partial charge is 1.00 e. The van der Waals surface area contributed by atoms with E-state index in [1.54, 1.807) is 0 Å². The summed E-state index contributed by atoms with van der Waals surface area (Å²) in [5.41, 5.74) is -2.95. The normalized spacial score (nSPS) is 9.18. The van der Waals surface area contributed by atoms with Gasteiger partial charge in [-0.25, -0.2) is 4.79 Å². The summed E-state index contributed by atoms with van der Waals surface area (Å²) in [4.78, 5) is 29.1. The van der Waals surface area contributed by atoms with Crippen LogP contribution in [0.2, 0.25) is 0 Å². The number of nitro groups is 2. The standard InChI is InChI=1S/C7H4N2O7.Rb/c10-6-4(7(11)12)1-3(8(13)14)2-5(6)9(15)16;/h1-2,10H,(H,11,12);/q;+1/p-1. The summed E-state index contributed by atoms with van der Waals surface area (Å²) in [6, 6.07) is 0.909. The van der Waals surface area contributed by atoms with Crippen molar-refractivity contribution in [1.29, 1.82) is 0 Å². The van der Waals surface area contributed by atoms with Crippen molar-refractivity contribution in [3.63, 3.8) is 0 Å². The van der Waals surface area contributed by atoms with Crippen LogP contribution in [0.3, 0.4) is 0 Å². The molecule has 1 N–H and O–H groups in total. The van der Waals surface area contributed by atoms with Crippen molar-refractivity contribution in [3.05, 3.63) is 37.9 Å². The molecule has 0 saturated heterocycles. The molecule has 0 aliphatic heterocycles. The van der Waals surface area contributed by atoms with E-state index in [-0.39, 0.29) is 58.2 Å². The van der Waals surface area contributed by atoms with Gasteiger partial charge < -0.3 is 10.2 Å². The first-order valence-electron chi connectivity index (χ1n) is 3.71. The van der Waals surface area contributed by atoms with Crippen molar-refractivity contribution in [2.75, 3.05) is 0 Å². The number of non-ortho nitro benzene ring substituents is 1. The van der Waals surface area contributed by atoms with E-state index in [1.165, 1.54) is 0 Å². The fourth-order valence-corrected chi connectivity index (χ4v) is 0.999. The van der Waals surface area contributed by atoms with Gasteiger partial charge in [-0.2, -0.15) is 0 Å². The van der Waals surface area contributed by atoms with Crippen molar-refractivity contribution in [1.82, 2.24) is 0 Å². The number of carbonyl (C=O) groups is 1. The second-order valence-corrected chi connectivity index (χ2v) is 2.66. The molecule has 17 heavy (non-hydrogen) atoms. The molecule has 0 aromatic heterocycles. The average molecular weight is 313 g/mol. The Morgan fingerprint density at radius 2 is 1.71 bits per heavy atom. The third-order valence-corrected chi connectivity index (χ3v) is 1.69. The van der Waals surface area contributed by atoms with Crippen LogP contribution >= 0.6 is 0 Å². The van der Waals surface area contributed by atoms with Crippen molar-refractivity contribution < 1.29 is 83.0 Å². The molecule has 0 aliphatic rings. The molecule has 1 aromatic carbocycles. The van der Waals surface area contributed by atoms with Crippen LogP contribution in [0, 0.1) is 20.2 Å². The first-order valence-corrected chi connectivity index (χ1v) is 3.71. The Morgan fingerprint density at radius 1 is 1.18 bits per heavy atom. The summed E-state index contributed by atoms with van der Waals surface area (Å²) >= 11 is 0. The van der Waals surface area contributed by atoms with Crippen LogP contribution in [0.5, 0.6) is 5.75 Å². The number of carboxylic acids is 1. The van der Waals surface area contributed by atoms with E-state index in [4.69, 9.17) is 5.11 Å². The van der Waals surface area contributed by atoms with Gasteiger partial charge in [0.1, 0.15) is 0 Å². The number of aromatic carboxylic acids is 1. The van der Waals surface area contributed by atoms with Gasteiger partial charge in [0.25, 0.3) is 11.4 Å². The molecule has 0 aliphatic carbocycles. The van der Waals surface area contributed by atoms with Gasteiger partial charge in [-0.3, -0.25) is 20.2 Å². The molecule has 0 bridgehead atoms. The van der Waals surface area contributed by atoms with Gasteiger partial charge in [0.15, 0.2) is 0 Å². The van der Waals surface area contributed by atoms with Crippen molar-refractivity contribution in [2.45, 2.75) is 0 Å². The first-order chi connectivity index (χ1) is 7.34. The number of nitro benzene ring substituents is 2. The third kappa shape index (κ3) is 3.53. The molecule has 10 heteroatoms. The maximum absolute atomic E-state index is 11.2. The van der Waals surface area contributed by atoms with Crippen molar-refractivity contribution in [2.24, 2.45) is 0 Å². The molecule has 0 amide bonds. The third-order valence-electron chi connectivity index (χ3n) is 1.69. The van der Waals surface area contributed by atoms with Crippen LogP contribution in [0.4, 0.5) is 11.4 Å². The van der Waals surface area contributed by atoms with E-state index < -0.39 is 38.5 Å². The fourth-order valence-electron chi connectivity index (χ4n) is 0.999. The van der Waals surface area contributed by atoms with Crippen LogP contribution in [-0.4, -0.2) is 20.9 Å². The van der Waals surface area contributed by atoms with Gasteiger partial charge in [0.05, 0.1) is 21.5 Å². The molecule has 0 spiro atoms. The van der Waals surface area contributed by atoms with Crippen LogP contribution in [0.15, 0.2) is 12.1 Å². The van der Waals surface area contributed by atoms with Gasteiger partial charge >= 0.3 is 64.2 Å². The summed E-state index contributed by atoms with van der Waals surface area (Å²) in [6.45, 7) is 0. The molecule has 0 radical (unpaired) electrons. The van der Waals surface area contributed by atoms with Crippen LogP contribution in [-0.2, 0) is 0 Å². The van der Waals surface area contributed by atoms with Crippen LogP contribution in [0.1, 0.15) is 10.4 Å². The molecule has 1 aromatic rings. The fraction of sp³-hybridized carbons (Fsp3) is 0. The summed E-state index contributed by atoms with van der Waals surface area (Å²) in [5, 5.41) is 40.4. The van der Waals surface area contributed by atoms with E-state index in [9.17, 15) is 30.1 Å². The molecular weight excluding hydrogens is 310 g/mol. The molecule has 0 fully saturated rings. The van der Waals surface area contributed by atoms with Gasteiger partial charge in [0.2, 0.25) is 0 Å². The van der Waals surface area contributed by atoms with E-state index in [0.29, 0.717) is 12.1 Å². The van der Waals surface area contributed by atoms with E-state index in [2.05, 4.69) is 0 Å². The molecule has 0 heterocycles. The quantitative estimate of drug-likeness (QED) is 0.471. The summed E-state index contributed by atoms with van der Waals surface area (Å²) < 4.78 is 0. The summed E-state index contributed by atoms with van der Waals surface area (Å²) in [5.74, 6) is -3.11. The van der Waals surface area contributed by atoms with E-state index in [1.807, 2.05) is 0 Å². The summed E-state index contributed by atoms with van der Waals surface area (Å²) in [6.07, 6.45) is 0. The smallest absolute Gasteiger partial charge is 0.867 e. The minimum absolute atomic E-state index is 0. The van der Waals surface area contributed by atoms with Crippen LogP contribution in [0.25, 0.3) is 0 Å². The SMILES string of the molecule is O=C(O)c1cc([N+](=O)[O-])cc([N+](=O)[O-])c1[O-].[Rb+]. The molecule has 1 rings (SSSR count). The van der Waals surface area contributed by atoms with Gasteiger partial charge in [-0.1, -0.05) is 0 Å². The minimum Gasteiger partial charge on any atom is -0.867 e. The molecule has 0 unspecified atom stereocenters.